The zero-order chi connectivity index (χ0) is 10.5. The highest BCUT2D eigenvalue weighted by atomic mass is 16.3. The van der Waals surface area contributed by atoms with E-state index in [1.54, 1.807) is 6.07 Å². The van der Waals surface area contributed by atoms with Crippen LogP contribution in [0.4, 0.5) is 0 Å². The van der Waals surface area contributed by atoms with Crippen molar-refractivity contribution in [3.63, 3.8) is 0 Å². The fourth-order valence-electron chi connectivity index (χ4n) is 1.11. The molecule has 0 amide bonds. The van der Waals surface area contributed by atoms with Gasteiger partial charge >= 0.3 is 0 Å². The largest absolute Gasteiger partial charge is 0.508 e. The first kappa shape index (κ1) is 11.8. The molecule has 0 spiro atoms. The molecule has 0 aliphatic carbocycles. The number of phenols is 1. The second-order valence-electron chi connectivity index (χ2n) is 3.77. The van der Waals surface area contributed by atoms with Crippen LogP contribution in [0.2, 0.25) is 0 Å². The smallest absolute Gasteiger partial charge is 0.119 e. The van der Waals surface area contributed by atoms with Gasteiger partial charge in [-0.1, -0.05) is 39.0 Å². The molecule has 0 fully saturated rings. The molecule has 0 aliphatic rings. The van der Waals surface area contributed by atoms with Crippen molar-refractivity contribution in [2.75, 3.05) is 0 Å². The Morgan fingerprint density at radius 3 is 1.85 bits per heavy atom. The Bertz CT molecular complexity index is 258. The van der Waals surface area contributed by atoms with E-state index >= 15 is 0 Å². The number of para-hydroxylation sites is 1. The lowest BCUT2D eigenvalue weighted by Gasteiger charge is -2.19. The minimum Gasteiger partial charge on any atom is -0.508 e. The molecule has 13 heavy (non-hydrogen) atoms. The van der Waals surface area contributed by atoms with Crippen LogP contribution < -0.4 is 0 Å². The molecule has 1 heteroatoms. The lowest BCUT2D eigenvalue weighted by Crippen LogP contribution is -2.10. The Balaban J connectivity index is 0.000000671. The van der Waals surface area contributed by atoms with Gasteiger partial charge in [-0.25, -0.2) is 0 Å². The van der Waals surface area contributed by atoms with Crippen molar-refractivity contribution in [3.05, 3.63) is 43.0 Å². The van der Waals surface area contributed by atoms with Crippen molar-refractivity contribution in [3.8, 4) is 5.75 Å². The Kier molecular flexibility index (Phi) is 4.26. The number of rotatable bonds is 0. The van der Waals surface area contributed by atoms with Crippen LogP contribution in [0.1, 0.15) is 26.3 Å². The maximum Gasteiger partial charge on any atom is 0.119 e. The summed E-state index contributed by atoms with van der Waals surface area (Å²) in [6, 6.07) is 7.46. The molecule has 72 valence electrons. The summed E-state index contributed by atoms with van der Waals surface area (Å²) < 4.78 is 0. The van der Waals surface area contributed by atoms with Crippen LogP contribution in [0.5, 0.6) is 5.75 Å². The first-order valence-electron chi connectivity index (χ1n) is 4.30. The molecule has 0 saturated heterocycles. The van der Waals surface area contributed by atoms with Crippen LogP contribution in [0, 0.1) is 0 Å². The third kappa shape index (κ3) is 3.32. The fraction of sp³-hybridized carbons (Fsp3) is 0.333. The molecule has 0 aliphatic heterocycles. The summed E-state index contributed by atoms with van der Waals surface area (Å²) in [5.41, 5.74) is 1.03. The van der Waals surface area contributed by atoms with Gasteiger partial charge in [0.1, 0.15) is 5.75 Å². The Morgan fingerprint density at radius 1 is 1.08 bits per heavy atom. The van der Waals surface area contributed by atoms with Gasteiger partial charge in [0, 0.05) is 0 Å². The molecule has 1 N–H and O–H groups in total. The van der Waals surface area contributed by atoms with E-state index in [2.05, 4.69) is 33.9 Å². The van der Waals surface area contributed by atoms with Gasteiger partial charge in [0.05, 0.1) is 0 Å². The molecule has 0 saturated carbocycles. The maximum absolute atomic E-state index is 9.45. The monoisotopic (exact) mass is 178 g/mol. The third-order valence-corrected chi connectivity index (χ3v) is 1.71. The van der Waals surface area contributed by atoms with E-state index in [9.17, 15) is 5.11 Å². The molecule has 0 bridgehead atoms. The second-order valence-corrected chi connectivity index (χ2v) is 3.77. The van der Waals surface area contributed by atoms with Crippen molar-refractivity contribution < 1.29 is 5.11 Å². The molecule has 0 atom stereocenters. The number of aromatic hydroxyl groups is 1. The van der Waals surface area contributed by atoms with Crippen LogP contribution in [0.3, 0.4) is 0 Å². The number of benzene rings is 1. The van der Waals surface area contributed by atoms with Gasteiger partial charge in [0.2, 0.25) is 0 Å². The number of hydrogen-bond acceptors (Lipinski definition) is 1. The van der Waals surface area contributed by atoms with E-state index in [-0.39, 0.29) is 5.41 Å². The molecule has 1 nitrogen and oxygen atoms in total. The maximum atomic E-state index is 9.45. The van der Waals surface area contributed by atoms with Crippen molar-refractivity contribution in [1.82, 2.24) is 0 Å². The van der Waals surface area contributed by atoms with Gasteiger partial charge in [-0.2, -0.15) is 0 Å². The fourth-order valence-corrected chi connectivity index (χ4v) is 1.11. The van der Waals surface area contributed by atoms with E-state index < -0.39 is 0 Å². The molecule has 1 aromatic carbocycles. The normalized spacial score (nSPS) is 10.1. The summed E-state index contributed by atoms with van der Waals surface area (Å²) in [7, 11) is 0. The summed E-state index contributed by atoms with van der Waals surface area (Å²) in [5, 5.41) is 9.45. The van der Waals surface area contributed by atoms with Crippen molar-refractivity contribution >= 4 is 0 Å². The summed E-state index contributed by atoms with van der Waals surface area (Å²) in [6.07, 6.45) is 0. The average Bonchev–Trinajstić information content (AvgIpc) is 2.07. The van der Waals surface area contributed by atoms with Crippen molar-refractivity contribution in [2.45, 2.75) is 26.2 Å². The Hall–Kier alpha value is -1.24. The molecule has 0 aromatic heterocycles. The second kappa shape index (κ2) is 4.70. The third-order valence-electron chi connectivity index (χ3n) is 1.71. The van der Waals surface area contributed by atoms with E-state index in [0.29, 0.717) is 5.75 Å². The highest BCUT2D eigenvalue weighted by Gasteiger charge is 2.16. The Labute approximate surface area is 80.7 Å². The predicted molar refractivity (Wildman–Crippen MR) is 58.1 cm³/mol. The summed E-state index contributed by atoms with van der Waals surface area (Å²) >= 11 is 0. The summed E-state index contributed by atoms with van der Waals surface area (Å²) in [4.78, 5) is 0. The predicted octanol–water partition coefficient (Wildman–Crippen LogP) is 3.49. The van der Waals surface area contributed by atoms with Crippen LogP contribution in [-0.2, 0) is 5.41 Å². The van der Waals surface area contributed by atoms with E-state index in [0.717, 1.165) is 5.56 Å². The van der Waals surface area contributed by atoms with Crippen LogP contribution in [0.25, 0.3) is 0 Å². The molecular weight excluding hydrogens is 160 g/mol. The van der Waals surface area contributed by atoms with Gasteiger partial charge in [-0.15, -0.1) is 13.2 Å². The molecule has 1 aromatic rings. The van der Waals surface area contributed by atoms with Crippen LogP contribution >= 0.6 is 0 Å². The first-order valence-corrected chi connectivity index (χ1v) is 4.30. The minimum absolute atomic E-state index is 0.0331. The van der Waals surface area contributed by atoms with Gasteiger partial charge in [-0.05, 0) is 17.0 Å². The van der Waals surface area contributed by atoms with Crippen LogP contribution in [-0.4, -0.2) is 5.11 Å². The number of phenolic OH excluding ortho intramolecular Hbond substituents is 1. The van der Waals surface area contributed by atoms with Gasteiger partial charge in [-0.3, -0.25) is 0 Å². The van der Waals surface area contributed by atoms with E-state index in [1.165, 1.54) is 0 Å². The van der Waals surface area contributed by atoms with Gasteiger partial charge in [0.15, 0.2) is 0 Å². The molecule has 0 unspecified atom stereocenters. The van der Waals surface area contributed by atoms with Crippen molar-refractivity contribution in [1.29, 1.82) is 0 Å². The highest BCUT2D eigenvalue weighted by Crippen LogP contribution is 2.29. The van der Waals surface area contributed by atoms with Gasteiger partial charge in [0.25, 0.3) is 0 Å². The molecule has 0 radical (unpaired) electrons. The SMILES string of the molecule is C=C.CC(C)(C)c1ccccc1O. The number of hydrogen-bond donors (Lipinski definition) is 1. The summed E-state index contributed by atoms with van der Waals surface area (Å²) in [5.74, 6) is 0.389. The topological polar surface area (TPSA) is 20.2 Å². The van der Waals surface area contributed by atoms with Crippen molar-refractivity contribution in [2.24, 2.45) is 0 Å². The zero-order valence-electron chi connectivity index (χ0n) is 8.67. The highest BCUT2D eigenvalue weighted by molar-refractivity contribution is 5.36. The Morgan fingerprint density at radius 2 is 1.54 bits per heavy atom. The molecular formula is C12H18O. The van der Waals surface area contributed by atoms with E-state index in [4.69, 9.17) is 0 Å². The molecule has 0 heterocycles. The standard InChI is InChI=1S/C10H14O.C2H4/c1-10(2,3)8-6-4-5-7-9(8)11;1-2/h4-7,11H,1-3H3;1-2H2. The lowest BCUT2D eigenvalue weighted by molar-refractivity contribution is 0.447. The lowest BCUT2D eigenvalue weighted by atomic mass is 9.86. The van der Waals surface area contributed by atoms with E-state index in [1.807, 2.05) is 18.2 Å². The zero-order valence-corrected chi connectivity index (χ0v) is 8.67. The molecule has 1 rings (SSSR count). The minimum atomic E-state index is 0.0331. The van der Waals surface area contributed by atoms with Crippen LogP contribution in [0.15, 0.2) is 37.4 Å². The first-order chi connectivity index (χ1) is 6.02. The average molecular weight is 178 g/mol. The quantitative estimate of drug-likeness (QED) is 0.603. The summed E-state index contributed by atoms with van der Waals surface area (Å²) in [6.45, 7) is 12.3. The van der Waals surface area contributed by atoms with Gasteiger partial charge < -0.3 is 5.11 Å².